The molecule has 1 rings (SSSR count). The van der Waals surface area contributed by atoms with E-state index in [4.69, 9.17) is 5.11 Å². The Hall–Kier alpha value is -0.790. The van der Waals surface area contributed by atoms with Gasteiger partial charge in [0.15, 0.2) is 0 Å². The summed E-state index contributed by atoms with van der Waals surface area (Å²) in [5, 5.41) is 8.68. The van der Waals surface area contributed by atoms with Crippen LogP contribution in [0.15, 0.2) is 11.6 Å². The van der Waals surface area contributed by atoms with Crippen molar-refractivity contribution in [3.05, 3.63) is 11.6 Å². The van der Waals surface area contributed by atoms with Crippen LogP contribution in [0.4, 0.5) is 0 Å². The number of aliphatic carboxylic acids is 1. The minimum absolute atomic E-state index is 0.606. The molecule has 0 aliphatic heterocycles. The van der Waals surface area contributed by atoms with Gasteiger partial charge in [-0.3, -0.25) is 0 Å². The molecule has 0 radical (unpaired) electrons. The summed E-state index contributed by atoms with van der Waals surface area (Å²) in [6.45, 7) is 2.17. The van der Waals surface area contributed by atoms with E-state index in [1.54, 1.807) is 0 Å². The first kappa shape index (κ1) is 8.31. The number of carboxylic acid groups (broad SMARTS) is 1. The van der Waals surface area contributed by atoms with Gasteiger partial charge in [-0.1, -0.05) is 19.4 Å². The maximum absolute atomic E-state index is 10.5. The molecule has 0 amide bonds. The summed E-state index contributed by atoms with van der Waals surface area (Å²) >= 11 is 0. The number of allylic oxidation sites excluding steroid dienone is 1. The molecular formula is C9H14O2. The summed E-state index contributed by atoms with van der Waals surface area (Å²) in [5.41, 5.74) is 0.606. The molecule has 62 valence electrons. The van der Waals surface area contributed by atoms with Crippen LogP contribution in [-0.2, 0) is 4.79 Å². The van der Waals surface area contributed by atoms with Crippen molar-refractivity contribution in [2.75, 3.05) is 0 Å². The largest absolute Gasteiger partial charge is 0.478 e. The second-order valence-electron chi connectivity index (χ2n) is 3.27. The molecule has 1 unspecified atom stereocenters. The van der Waals surface area contributed by atoms with Gasteiger partial charge in [0, 0.05) is 5.57 Å². The average Bonchev–Trinajstić information content (AvgIpc) is 2.13. The summed E-state index contributed by atoms with van der Waals surface area (Å²) in [6, 6.07) is 0. The average molecular weight is 154 g/mol. The third kappa shape index (κ3) is 2.37. The van der Waals surface area contributed by atoms with Crippen molar-refractivity contribution in [2.24, 2.45) is 5.92 Å². The summed E-state index contributed by atoms with van der Waals surface area (Å²) in [6.07, 6.45) is 5.74. The van der Waals surface area contributed by atoms with Crippen LogP contribution in [0.1, 0.15) is 32.6 Å². The molecule has 0 saturated carbocycles. The van der Waals surface area contributed by atoms with Crippen LogP contribution < -0.4 is 0 Å². The second-order valence-corrected chi connectivity index (χ2v) is 3.27. The van der Waals surface area contributed by atoms with Crippen LogP contribution in [0.25, 0.3) is 0 Å². The molecule has 0 spiro atoms. The molecule has 0 fully saturated rings. The molecule has 1 atom stereocenters. The summed E-state index contributed by atoms with van der Waals surface area (Å²) in [5.74, 6) is -0.0778. The molecule has 1 N–H and O–H groups in total. The lowest BCUT2D eigenvalue weighted by molar-refractivity contribution is -0.132. The highest BCUT2D eigenvalue weighted by Crippen LogP contribution is 2.21. The Labute approximate surface area is 66.9 Å². The summed E-state index contributed by atoms with van der Waals surface area (Å²) < 4.78 is 0. The molecule has 1 aliphatic rings. The molecule has 0 heterocycles. The van der Waals surface area contributed by atoms with Gasteiger partial charge in [-0.05, 0) is 25.2 Å². The Kier molecular flexibility index (Phi) is 2.69. The molecule has 0 saturated heterocycles. The van der Waals surface area contributed by atoms with E-state index in [9.17, 15) is 4.79 Å². The van der Waals surface area contributed by atoms with Gasteiger partial charge in [-0.2, -0.15) is 0 Å². The number of carbonyl (C=O) groups is 1. The molecule has 2 nitrogen and oxygen atoms in total. The Bertz CT molecular complexity index is 182. The molecular weight excluding hydrogens is 140 g/mol. The fourth-order valence-electron chi connectivity index (χ4n) is 1.40. The normalized spacial score (nSPS) is 25.5. The first-order chi connectivity index (χ1) is 5.20. The van der Waals surface area contributed by atoms with Gasteiger partial charge in [-0.15, -0.1) is 0 Å². The zero-order chi connectivity index (χ0) is 8.27. The highest BCUT2D eigenvalue weighted by molar-refractivity contribution is 5.86. The van der Waals surface area contributed by atoms with E-state index >= 15 is 0 Å². The van der Waals surface area contributed by atoms with Gasteiger partial charge < -0.3 is 5.11 Å². The smallest absolute Gasteiger partial charge is 0.331 e. The maximum Gasteiger partial charge on any atom is 0.331 e. The molecule has 2 heteroatoms. The van der Waals surface area contributed by atoms with E-state index in [2.05, 4.69) is 6.92 Å². The minimum atomic E-state index is -0.737. The number of rotatable bonds is 1. The Morgan fingerprint density at radius 3 is 3.09 bits per heavy atom. The highest BCUT2D eigenvalue weighted by atomic mass is 16.4. The van der Waals surface area contributed by atoms with Crippen molar-refractivity contribution >= 4 is 5.97 Å². The van der Waals surface area contributed by atoms with Crippen LogP contribution in [-0.4, -0.2) is 11.1 Å². The quantitative estimate of drug-likeness (QED) is 0.628. The third-order valence-corrected chi connectivity index (χ3v) is 2.18. The van der Waals surface area contributed by atoms with Gasteiger partial charge in [0.25, 0.3) is 0 Å². The zero-order valence-electron chi connectivity index (χ0n) is 6.84. The first-order valence-corrected chi connectivity index (χ1v) is 4.12. The van der Waals surface area contributed by atoms with Gasteiger partial charge in [0.05, 0.1) is 0 Å². The molecule has 0 aromatic rings. The van der Waals surface area contributed by atoms with Crippen molar-refractivity contribution in [1.82, 2.24) is 0 Å². The van der Waals surface area contributed by atoms with E-state index in [0.29, 0.717) is 11.5 Å². The summed E-state index contributed by atoms with van der Waals surface area (Å²) in [4.78, 5) is 10.5. The van der Waals surface area contributed by atoms with Crippen LogP contribution in [0.2, 0.25) is 0 Å². The lowest BCUT2D eigenvalue weighted by Crippen LogP contribution is -1.98. The van der Waals surface area contributed by atoms with Crippen LogP contribution in [0.3, 0.4) is 0 Å². The van der Waals surface area contributed by atoms with E-state index < -0.39 is 5.97 Å². The number of carboxylic acids is 1. The van der Waals surface area contributed by atoms with Gasteiger partial charge in [0.1, 0.15) is 0 Å². The standard InChI is InChI=1S/C9H14O2/c1-7-3-2-4-8(6-5-7)9(10)11/h6-7H,2-5H2,1H3,(H,10,11). The van der Waals surface area contributed by atoms with Crippen molar-refractivity contribution < 1.29 is 9.90 Å². The SMILES string of the molecule is CC1CC=C(C(=O)O)CCC1. The highest BCUT2D eigenvalue weighted by Gasteiger charge is 2.12. The van der Waals surface area contributed by atoms with Gasteiger partial charge in [0.2, 0.25) is 0 Å². The Morgan fingerprint density at radius 2 is 2.45 bits per heavy atom. The monoisotopic (exact) mass is 154 g/mol. The predicted octanol–water partition coefficient (Wildman–Crippen LogP) is 2.21. The molecule has 0 aromatic heterocycles. The molecule has 0 bridgehead atoms. The van der Waals surface area contributed by atoms with E-state index in [1.807, 2.05) is 6.08 Å². The molecule has 11 heavy (non-hydrogen) atoms. The van der Waals surface area contributed by atoms with Crippen LogP contribution in [0.5, 0.6) is 0 Å². The Morgan fingerprint density at radius 1 is 1.73 bits per heavy atom. The topological polar surface area (TPSA) is 37.3 Å². The fourth-order valence-corrected chi connectivity index (χ4v) is 1.40. The van der Waals surface area contributed by atoms with Crippen LogP contribution in [0, 0.1) is 5.92 Å². The zero-order valence-corrected chi connectivity index (χ0v) is 6.84. The first-order valence-electron chi connectivity index (χ1n) is 4.12. The minimum Gasteiger partial charge on any atom is -0.478 e. The predicted molar refractivity (Wildman–Crippen MR) is 43.4 cm³/mol. The molecule has 1 aliphatic carbocycles. The van der Waals surface area contributed by atoms with E-state index in [-0.39, 0.29) is 0 Å². The lowest BCUT2D eigenvalue weighted by Gasteiger charge is -2.01. The van der Waals surface area contributed by atoms with E-state index in [0.717, 1.165) is 25.7 Å². The van der Waals surface area contributed by atoms with Crippen molar-refractivity contribution in [3.8, 4) is 0 Å². The Balaban J connectivity index is 2.58. The summed E-state index contributed by atoms with van der Waals surface area (Å²) in [7, 11) is 0. The second kappa shape index (κ2) is 3.56. The van der Waals surface area contributed by atoms with Crippen molar-refractivity contribution in [1.29, 1.82) is 0 Å². The maximum atomic E-state index is 10.5. The fraction of sp³-hybridized carbons (Fsp3) is 0.667. The third-order valence-electron chi connectivity index (χ3n) is 2.18. The van der Waals surface area contributed by atoms with Crippen LogP contribution >= 0.6 is 0 Å². The van der Waals surface area contributed by atoms with E-state index in [1.165, 1.54) is 0 Å². The van der Waals surface area contributed by atoms with Gasteiger partial charge in [-0.25, -0.2) is 4.79 Å². The lowest BCUT2D eigenvalue weighted by atomic mass is 10.0. The number of hydrogen-bond donors (Lipinski definition) is 1. The van der Waals surface area contributed by atoms with Crippen molar-refractivity contribution in [2.45, 2.75) is 32.6 Å². The van der Waals surface area contributed by atoms with Crippen molar-refractivity contribution in [3.63, 3.8) is 0 Å². The van der Waals surface area contributed by atoms with Gasteiger partial charge >= 0.3 is 5.97 Å². The number of hydrogen-bond acceptors (Lipinski definition) is 1. The molecule has 0 aromatic carbocycles.